The SMILES string of the molecule is O=C(O)c1cc(-n2cnc(C3CC3)c2)c(N2CCC(O)C2)cn1. The van der Waals surface area contributed by atoms with Gasteiger partial charge in [0.1, 0.15) is 5.69 Å². The molecular weight excluding hydrogens is 296 g/mol. The van der Waals surface area contributed by atoms with Crippen LogP contribution in [0.2, 0.25) is 0 Å². The van der Waals surface area contributed by atoms with Crippen molar-refractivity contribution in [1.29, 1.82) is 0 Å². The number of carboxylic acids is 1. The van der Waals surface area contributed by atoms with Crippen LogP contribution in [0.3, 0.4) is 0 Å². The number of aliphatic hydroxyl groups excluding tert-OH is 1. The second-order valence-corrected chi connectivity index (χ2v) is 6.23. The van der Waals surface area contributed by atoms with Gasteiger partial charge in [0.25, 0.3) is 0 Å². The van der Waals surface area contributed by atoms with Gasteiger partial charge in [0.05, 0.1) is 35.7 Å². The minimum absolute atomic E-state index is 0.00478. The van der Waals surface area contributed by atoms with E-state index in [-0.39, 0.29) is 11.8 Å². The zero-order valence-corrected chi connectivity index (χ0v) is 12.6. The summed E-state index contributed by atoms with van der Waals surface area (Å²) in [6, 6.07) is 1.57. The van der Waals surface area contributed by atoms with Gasteiger partial charge in [-0.25, -0.2) is 14.8 Å². The van der Waals surface area contributed by atoms with E-state index in [1.54, 1.807) is 18.6 Å². The normalized spacial score (nSPS) is 20.9. The van der Waals surface area contributed by atoms with Gasteiger partial charge in [-0.2, -0.15) is 0 Å². The lowest BCUT2D eigenvalue weighted by molar-refractivity contribution is 0.0690. The van der Waals surface area contributed by atoms with E-state index in [1.807, 2.05) is 15.7 Å². The maximum Gasteiger partial charge on any atom is 0.354 e. The standard InChI is InChI=1S/C16H18N4O3/c21-11-3-4-19(7-11)15-6-17-12(16(22)23)5-14(15)20-8-13(18-9-20)10-1-2-10/h5-6,8-11,21H,1-4,7H2,(H,22,23). The lowest BCUT2D eigenvalue weighted by atomic mass is 10.2. The second-order valence-electron chi connectivity index (χ2n) is 6.23. The van der Waals surface area contributed by atoms with Gasteiger partial charge in [-0.1, -0.05) is 0 Å². The molecule has 2 fully saturated rings. The van der Waals surface area contributed by atoms with Crippen LogP contribution in [-0.2, 0) is 0 Å². The number of carbonyl (C=O) groups is 1. The van der Waals surface area contributed by atoms with Crippen LogP contribution in [0.4, 0.5) is 5.69 Å². The number of aromatic nitrogens is 3. The summed E-state index contributed by atoms with van der Waals surface area (Å²) in [5, 5.41) is 19.0. The number of nitrogens with zero attached hydrogens (tertiary/aromatic N) is 4. The van der Waals surface area contributed by atoms with Crippen LogP contribution in [0, 0.1) is 0 Å². The van der Waals surface area contributed by atoms with Crippen molar-refractivity contribution in [1.82, 2.24) is 14.5 Å². The van der Waals surface area contributed by atoms with Crippen molar-refractivity contribution in [3.8, 4) is 5.69 Å². The van der Waals surface area contributed by atoms with E-state index in [2.05, 4.69) is 9.97 Å². The Bertz CT molecular complexity index is 754. The third-order valence-corrected chi connectivity index (χ3v) is 4.46. The summed E-state index contributed by atoms with van der Waals surface area (Å²) >= 11 is 0. The number of imidazole rings is 1. The molecule has 1 unspecified atom stereocenters. The van der Waals surface area contributed by atoms with Crippen molar-refractivity contribution in [2.75, 3.05) is 18.0 Å². The smallest absolute Gasteiger partial charge is 0.354 e. The van der Waals surface area contributed by atoms with Gasteiger partial charge in [-0.05, 0) is 25.3 Å². The highest BCUT2D eigenvalue weighted by Gasteiger charge is 2.27. The van der Waals surface area contributed by atoms with Gasteiger partial charge in [-0.15, -0.1) is 0 Å². The summed E-state index contributed by atoms with van der Waals surface area (Å²) in [5.74, 6) is -0.518. The van der Waals surface area contributed by atoms with Crippen molar-refractivity contribution < 1.29 is 15.0 Å². The predicted molar refractivity (Wildman–Crippen MR) is 83.1 cm³/mol. The van der Waals surface area contributed by atoms with E-state index in [4.69, 9.17) is 0 Å². The van der Waals surface area contributed by atoms with Gasteiger partial charge in [-0.3, -0.25) is 0 Å². The molecule has 2 N–H and O–H groups in total. The second kappa shape index (κ2) is 5.34. The Morgan fingerprint density at radius 2 is 2.04 bits per heavy atom. The number of hydrogen-bond acceptors (Lipinski definition) is 5. The van der Waals surface area contributed by atoms with Crippen LogP contribution >= 0.6 is 0 Å². The highest BCUT2D eigenvalue weighted by Crippen LogP contribution is 2.39. The van der Waals surface area contributed by atoms with E-state index < -0.39 is 5.97 Å². The highest BCUT2D eigenvalue weighted by atomic mass is 16.4. The average Bonchev–Trinajstić information content (AvgIpc) is 3.11. The molecule has 3 heterocycles. The molecule has 0 radical (unpaired) electrons. The number of aliphatic hydroxyl groups is 1. The molecule has 0 amide bonds. The van der Waals surface area contributed by atoms with Crippen molar-refractivity contribution in [3.05, 3.63) is 36.2 Å². The number of hydrogen-bond donors (Lipinski definition) is 2. The molecule has 1 saturated heterocycles. The summed E-state index contributed by atoms with van der Waals surface area (Å²) in [7, 11) is 0. The summed E-state index contributed by atoms with van der Waals surface area (Å²) in [6.45, 7) is 1.26. The maximum absolute atomic E-state index is 11.3. The Morgan fingerprint density at radius 3 is 2.70 bits per heavy atom. The van der Waals surface area contributed by atoms with Crippen LogP contribution in [0.15, 0.2) is 24.8 Å². The number of aromatic carboxylic acids is 1. The third-order valence-electron chi connectivity index (χ3n) is 4.46. The van der Waals surface area contributed by atoms with Crippen LogP contribution in [0.5, 0.6) is 0 Å². The Kier molecular flexibility index (Phi) is 3.30. The Morgan fingerprint density at radius 1 is 1.22 bits per heavy atom. The van der Waals surface area contributed by atoms with Gasteiger partial charge < -0.3 is 19.7 Å². The van der Waals surface area contributed by atoms with Crippen molar-refractivity contribution >= 4 is 11.7 Å². The average molecular weight is 314 g/mol. The zero-order chi connectivity index (χ0) is 16.0. The first-order valence-corrected chi connectivity index (χ1v) is 7.82. The Balaban J connectivity index is 1.76. The quantitative estimate of drug-likeness (QED) is 0.886. The van der Waals surface area contributed by atoms with Crippen molar-refractivity contribution in [2.45, 2.75) is 31.3 Å². The topological polar surface area (TPSA) is 91.5 Å². The Hall–Kier alpha value is -2.41. The van der Waals surface area contributed by atoms with Crippen molar-refractivity contribution in [2.24, 2.45) is 0 Å². The van der Waals surface area contributed by atoms with E-state index in [9.17, 15) is 15.0 Å². The molecule has 2 aromatic heterocycles. The lowest BCUT2D eigenvalue weighted by Gasteiger charge is -2.21. The summed E-state index contributed by atoms with van der Waals surface area (Å²) in [4.78, 5) is 21.8. The first-order valence-electron chi connectivity index (χ1n) is 7.82. The van der Waals surface area contributed by atoms with E-state index in [0.717, 1.165) is 23.6 Å². The van der Waals surface area contributed by atoms with Gasteiger partial charge in [0.15, 0.2) is 0 Å². The summed E-state index contributed by atoms with van der Waals surface area (Å²) in [5.41, 5.74) is 2.62. The molecule has 1 aliphatic heterocycles. The van der Waals surface area contributed by atoms with Crippen LogP contribution < -0.4 is 4.90 Å². The molecular formula is C16H18N4O3. The van der Waals surface area contributed by atoms with Gasteiger partial charge >= 0.3 is 5.97 Å². The monoisotopic (exact) mass is 314 g/mol. The highest BCUT2D eigenvalue weighted by molar-refractivity contribution is 5.87. The molecule has 1 saturated carbocycles. The number of rotatable bonds is 4. The van der Waals surface area contributed by atoms with Gasteiger partial charge in [0.2, 0.25) is 0 Å². The minimum Gasteiger partial charge on any atom is -0.477 e. The van der Waals surface area contributed by atoms with Crippen LogP contribution in [0.25, 0.3) is 5.69 Å². The predicted octanol–water partition coefficient (Wildman–Crippen LogP) is 1.41. The first-order chi connectivity index (χ1) is 11.1. The number of anilines is 1. The molecule has 2 aliphatic rings. The van der Waals surface area contributed by atoms with Crippen LogP contribution in [0.1, 0.15) is 41.4 Å². The first kappa shape index (κ1) is 14.2. The molecule has 4 rings (SSSR count). The Labute approximate surface area is 133 Å². The molecule has 0 bridgehead atoms. The number of carboxylic acid groups (broad SMARTS) is 1. The third kappa shape index (κ3) is 2.68. The maximum atomic E-state index is 11.3. The lowest BCUT2D eigenvalue weighted by Crippen LogP contribution is -2.23. The summed E-state index contributed by atoms with van der Waals surface area (Å²) < 4.78 is 1.86. The fourth-order valence-electron chi connectivity index (χ4n) is 3.03. The fraction of sp³-hybridized carbons (Fsp3) is 0.438. The molecule has 2 aromatic rings. The molecule has 1 aliphatic carbocycles. The largest absolute Gasteiger partial charge is 0.477 e. The van der Waals surface area contributed by atoms with E-state index >= 15 is 0 Å². The summed E-state index contributed by atoms with van der Waals surface area (Å²) in [6.07, 6.45) is 7.95. The molecule has 1 atom stereocenters. The van der Waals surface area contributed by atoms with E-state index in [0.29, 0.717) is 18.9 Å². The van der Waals surface area contributed by atoms with Gasteiger partial charge in [0, 0.05) is 25.2 Å². The molecule has 23 heavy (non-hydrogen) atoms. The van der Waals surface area contributed by atoms with E-state index in [1.165, 1.54) is 12.8 Å². The number of β-amino-alcohol motifs (C(OH)–C–C–N with tert-alkyl or cyclic N) is 1. The molecule has 7 nitrogen and oxygen atoms in total. The van der Waals surface area contributed by atoms with Crippen molar-refractivity contribution in [3.63, 3.8) is 0 Å². The fourth-order valence-corrected chi connectivity index (χ4v) is 3.03. The minimum atomic E-state index is -1.05. The number of pyridine rings is 1. The molecule has 0 aromatic carbocycles. The molecule has 0 spiro atoms. The molecule has 7 heteroatoms. The van der Waals surface area contributed by atoms with Crippen LogP contribution in [-0.4, -0.2) is 49.9 Å². The molecule has 120 valence electrons. The zero-order valence-electron chi connectivity index (χ0n) is 12.6.